The maximum atomic E-state index is 11.0. The second kappa shape index (κ2) is 5.08. The zero-order valence-corrected chi connectivity index (χ0v) is 11.0. The predicted molar refractivity (Wildman–Crippen MR) is 75.2 cm³/mol. The highest BCUT2D eigenvalue weighted by molar-refractivity contribution is 5.83. The number of carboxylic acids is 1. The lowest BCUT2D eigenvalue weighted by Gasteiger charge is -2.14. The topological polar surface area (TPSA) is 42.2 Å². The molecule has 100 valence electrons. The SMILES string of the molecule is O=C(O)Cc1cc2ccccc2n1CC1CCCC1. The molecule has 0 bridgehead atoms. The Hall–Kier alpha value is -1.77. The van der Waals surface area contributed by atoms with Gasteiger partial charge in [0.2, 0.25) is 0 Å². The van der Waals surface area contributed by atoms with Crippen LogP contribution in [0.5, 0.6) is 0 Å². The molecule has 0 atom stereocenters. The lowest BCUT2D eigenvalue weighted by molar-refractivity contribution is -0.136. The Balaban J connectivity index is 1.99. The van der Waals surface area contributed by atoms with Gasteiger partial charge in [-0.3, -0.25) is 4.79 Å². The summed E-state index contributed by atoms with van der Waals surface area (Å²) in [5.41, 5.74) is 2.10. The maximum absolute atomic E-state index is 11.0. The molecule has 1 heterocycles. The van der Waals surface area contributed by atoms with E-state index in [4.69, 9.17) is 5.11 Å². The minimum absolute atomic E-state index is 0.112. The van der Waals surface area contributed by atoms with Gasteiger partial charge in [0, 0.05) is 17.8 Å². The van der Waals surface area contributed by atoms with Crippen LogP contribution in [0.2, 0.25) is 0 Å². The first-order chi connectivity index (χ1) is 9.24. The van der Waals surface area contributed by atoms with Crippen molar-refractivity contribution in [2.75, 3.05) is 0 Å². The van der Waals surface area contributed by atoms with Gasteiger partial charge in [-0.05, 0) is 36.3 Å². The highest BCUT2D eigenvalue weighted by Crippen LogP contribution is 2.29. The third kappa shape index (κ3) is 2.50. The number of benzene rings is 1. The Bertz CT molecular complexity index is 594. The van der Waals surface area contributed by atoms with Gasteiger partial charge in [-0.15, -0.1) is 0 Å². The summed E-state index contributed by atoms with van der Waals surface area (Å²) < 4.78 is 2.22. The average Bonchev–Trinajstić information content (AvgIpc) is 2.99. The molecule has 1 fully saturated rings. The molecule has 1 aromatic carbocycles. The van der Waals surface area contributed by atoms with Gasteiger partial charge in [-0.25, -0.2) is 0 Å². The summed E-state index contributed by atoms with van der Waals surface area (Å²) in [5.74, 6) is -0.0428. The smallest absolute Gasteiger partial charge is 0.309 e. The molecular formula is C16H19NO2. The zero-order valence-electron chi connectivity index (χ0n) is 11.0. The predicted octanol–water partition coefficient (Wildman–Crippen LogP) is 3.46. The fourth-order valence-corrected chi connectivity index (χ4v) is 3.24. The van der Waals surface area contributed by atoms with Gasteiger partial charge in [0.1, 0.15) is 0 Å². The van der Waals surface area contributed by atoms with Crippen molar-refractivity contribution in [2.45, 2.75) is 38.6 Å². The molecule has 19 heavy (non-hydrogen) atoms. The minimum Gasteiger partial charge on any atom is -0.481 e. The van der Waals surface area contributed by atoms with Gasteiger partial charge in [-0.2, -0.15) is 0 Å². The van der Waals surface area contributed by atoms with E-state index in [9.17, 15) is 4.79 Å². The van der Waals surface area contributed by atoms with Crippen LogP contribution in [-0.2, 0) is 17.8 Å². The Morgan fingerprint density at radius 2 is 2.00 bits per heavy atom. The summed E-state index contributed by atoms with van der Waals surface area (Å²) in [7, 11) is 0. The van der Waals surface area contributed by atoms with Crippen molar-refractivity contribution in [1.29, 1.82) is 0 Å². The molecule has 3 heteroatoms. The first-order valence-electron chi connectivity index (χ1n) is 7.03. The van der Waals surface area contributed by atoms with Crippen molar-refractivity contribution in [1.82, 2.24) is 4.57 Å². The van der Waals surface area contributed by atoms with Crippen LogP contribution in [0.4, 0.5) is 0 Å². The van der Waals surface area contributed by atoms with Crippen LogP contribution < -0.4 is 0 Å². The number of rotatable bonds is 4. The molecule has 0 spiro atoms. The summed E-state index contributed by atoms with van der Waals surface area (Å²) in [6.07, 6.45) is 5.30. The lowest BCUT2D eigenvalue weighted by atomic mass is 10.1. The first-order valence-corrected chi connectivity index (χ1v) is 7.03. The standard InChI is InChI=1S/C16H19NO2/c18-16(19)10-14-9-13-7-3-4-8-15(13)17(14)11-12-5-1-2-6-12/h3-4,7-9,12H,1-2,5-6,10-11H2,(H,18,19). The fourth-order valence-electron chi connectivity index (χ4n) is 3.24. The van der Waals surface area contributed by atoms with Crippen molar-refractivity contribution in [3.63, 3.8) is 0 Å². The van der Waals surface area contributed by atoms with Crippen LogP contribution in [0, 0.1) is 5.92 Å². The van der Waals surface area contributed by atoms with Gasteiger partial charge in [0.15, 0.2) is 0 Å². The second-order valence-electron chi connectivity index (χ2n) is 5.53. The van der Waals surface area contributed by atoms with E-state index in [1.165, 1.54) is 31.2 Å². The summed E-state index contributed by atoms with van der Waals surface area (Å²) >= 11 is 0. The van der Waals surface area contributed by atoms with Crippen LogP contribution in [0.25, 0.3) is 10.9 Å². The summed E-state index contributed by atoms with van der Waals surface area (Å²) in [5, 5.41) is 10.2. The minimum atomic E-state index is -0.754. The van der Waals surface area contributed by atoms with Crippen LogP contribution >= 0.6 is 0 Å². The van der Waals surface area contributed by atoms with Gasteiger partial charge in [-0.1, -0.05) is 31.0 Å². The third-order valence-corrected chi connectivity index (χ3v) is 4.14. The molecule has 2 aromatic rings. The maximum Gasteiger partial charge on any atom is 0.309 e. The van der Waals surface area contributed by atoms with E-state index >= 15 is 0 Å². The number of para-hydroxylation sites is 1. The van der Waals surface area contributed by atoms with Gasteiger partial charge in [0.25, 0.3) is 0 Å². The lowest BCUT2D eigenvalue weighted by Crippen LogP contribution is -2.12. The molecule has 3 nitrogen and oxygen atoms in total. The highest BCUT2D eigenvalue weighted by Gasteiger charge is 2.19. The Morgan fingerprint density at radius 1 is 1.26 bits per heavy atom. The van der Waals surface area contributed by atoms with Gasteiger partial charge < -0.3 is 9.67 Å². The largest absolute Gasteiger partial charge is 0.481 e. The van der Waals surface area contributed by atoms with Crippen molar-refractivity contribution >= 4 is 16.9 Å². The molecule has 0 unspecified atom stereocenters. The summed E-state index contributed by atoms with van der Waals surface area (Å²) in [6.45, 7) is 0.968. The Kier molecular flexibility index (Phi) is 3.28. The second-order valence-corrected chi connectivity index (χ2v) is 5.53. The summed E-state index contributed by atoms with van der Waals surface area (Å²) in [6, 6.07) is 10.2. The van der Waals surface area contributed by atoms with E-state index in [1.54, 1.807) is 0 Å². The number of fused-ring (bicyclic) bond motifs is 1. The van der Waals surface area contributed by atoms with E-state index in [0.717, 1.165) is 17.6 Å². The van der Waals surface area contributed by atoms with E-state index in [1.807, 2.05) is 18.2 Å². The molecule has 1 saturated carbocycles. The van der Waals surface area contributed by atoms with Crippen molar-refractivity contribution < 1.29 is 9.90 Å². The number of nitrogens with zero attached hydrogens (tertiary/aromatic N) is 1. The fraction of sp³-hybridized carbons (Fsp3) is 0.438. The van der Waals surface area contributed by atoms with E-state index in [2.05, 4.69) is 16.7 Å². The number of carbonyl (C=O) groups is 1. The van der Waals surface area contributed by atoms with E-state index in [-0.39, 0.29) is 6.42 Å². The normalized spacial score (nSPS) is 16.2. The molecule has 0 radical (unpaired) electrons. The molecule has 0 aliphatic heterocycles. The number of hydrogen-bond acceptors (Lipinski definition) is 1. The van der Waals surface area contributed by atoms with Gasteiger partial charge >= 0.3 is 5.97 Å². The molecule has 0 amide bonds. The van der Waals surface area contributed by atoms with E-state index in [0.29, 0.717) is 5.92 Å². The summed E-state index contributed by atoms with van der Waals surface area (Å²) in [4.78, 5) is 11.0. The van der Waals surface area contributed by atoms with Crippen molar-refractivity contribution in [3.05, 3.63) is 36.0 Å². The molecule has 3 rings (SSSR count). The Labute approximate surface area is 112 Å². The van der Waals surface area contributed by atoms with Crippen molar-refractivity contribution in [2.24, 2.45) is 5.92 Å². The van der Waals surface area contributed by atoms with Crippen LogP contribution in [-0.4, -0.2) is 15.6 Å². The molecule has 0 saturated heterocycles. The van der Waals surface area contributed by atoms with Crippen LogP contribution in [0.3, 0.4) is 0 Å². The average molecular weight is 257 g/mol. The number of aromatic nitrogens is 1. The molecule has 1 aromatic heterocycles. The number of hydrogen-bond donors (Lipinski definition) is 1. The van der Waals surface area contributed by atoms with E-state index < -0.39 is 5.97 Å². The molecular weight excluding hydrogens is 238 g/mol. The Morgan fingerprint density at radius 3 is 2.74 bits per heavy atom. The molecule has 1 aliphatic carbocycles. The number of carboxylic acid groups (broad SMARTS) is 1. The van der Waals surface area contributed by atoms with Crippen molar-refractivity contribution in [3.8, 4) is 0 Å². The molecule has 1 aliphatic rings. The quantitative estimate of drug-likeness (QED) is 0.911. The molecule has 1 N–H and O–H groups in total. The van der Waals surface area contributed by atoms with Crippen LogP contribution in [0.15, 0.2) is 30.3 Å². The first kappa shape index (κ1) is 12.3. The zero-order chi connectivity index (χ0) is 13.2. The van der Waals surface area contributed by atoms with Crippen LogP contribution in [0.1, 0.15) is 31.4 Å². The highest BCUT2D eigenvalue weighted by atomic mass is 16.4. The monoisotopic (exact) mass is 257 g/mol. The number of aliphatic carboxylic acids is 1. The van der Waals surface area contributed by atoms with Gasteiger partial charge in [0.05, 0.1) is 6.42 Å². The third-order valence-electron chi connectivity index (χ3n) is 4.14.